The summed E-state index contributed by atoms with van der Waals surface area (Å²) in [6, 6.07) is 9.31. The number of hydrogen-bond donors (Lipinski definition) is 0. The Morgan fingerprint density at radius 2 is 1.86 bits per heavy atom. The SMILES string of the molecule is Cc1ccncc1N1CCN(c2ccc3c(ccn3C(=O)OC(C)(C)C)c2)C1=O. The highest BCUT2D eigenvalue weighted by Gasteiger charge is 2.31. The van der Waals surface area contributed by atoms with Crippen LogP contribution in [0.25, 0.3) is 10.9 Å². The lowest BCUT2D eigenvalue weighted by Gasteiger charge is -2.20. The van der Waals surface area contributed by atoms with Gasteiger partial charge in [-0.1, -0.05) is 0 Å². The lowest BCUT2D eigenvalue weighted by Crippen LogP contribution is -2.32. The number of anilines is 2. The first-order chi connectivity index (χ1) is 13.7. The van der Waals surface area contributed by atoms with Crippen LogP contribution in [0.5, 0.6) is 0 Å². The first kappa shape index (κ1) is 19.0. The van der Waals surface area contributed by atoms with Crippen molar-refractivity contribution in [1.29, 1.82) is 0 Å². The third kappa shape index (κ3) is 3.55. The van der Waals surface area contributed by atoms with Crippen molar-refractivity contribution in [1.82, 2.24) is 9.55 Å². The van der Waals surface area contributed by atoms with E-state index in [4.69, 9.17) is 4.74 Å². The smallest absolute Gasteiger partial charge is 0.418 e. The van der Waals surface area contributed by atoms with E-state index in [9.17, 15) is 9.59 Å². The van der Waals surface area contributed by atoms with Gasteiger partial charge in [-0.15, -0.1) is 0 Å². The second-order valence-electron chi connectivity index (χ2n) is 8.16. The Balaban J connectivity index is 1.60. The van der Waals surface area contributed by atoms with Crippen molar-refractivity contribution < 1.29 is 14.3 Å². The molecule has 150 valence electrons. The van der Waals surface area contributed by atoms with Gasteiger partial charge in [0.15, 0.2) is 0 Å². The molecule has 1 aliphatic rings. The fraction of sp³-hybridized carbons (Fsp3) is 0.318. The summed E-state index contributed by atoms with van der Waals surface area (Å²) in [4.78, 5) is 33.1. The molecule has 4 rings (SSSR count). The Bertz CT molecular complexity index is 1100. The van der Waals surface area contributed by atoms with Crippen LogP contribution in [0.15, 0.2) is 48.9 Å². The van der Waals surface area contributed by atoms with E-state index in [1.165, 1.54) is 4.57 Å². The number of urea groups is 1. The van der Waals surface area contributed by atoms with Crippen LogP contribution in [0.3, 0.4) is 0 Å². The molecule has 0 atom stereocenters. The van der Waals surface area contributed by atoms with Gasteiger partial charge in [-0.2, -0.15) is 0 Å². The summed E-state index contributed by atoms with van der Waals surface area (Å²) in [6.45, 7) is 8.67. The molecule has 0 radical (unpaired) electrons. The number of ether oxygens (including phenoxy) is 1. The van der Waals surface area contributed by atoms with Gasteiger partial charge >= 0.3 is 12.1 Å². The number of hydrogen-bond acceptors (Lipinski definition) is 4. The zero-order valence-electron chi connectivity index (χ0n) is 17.0. The minimum atomic E-state index is -0.566. The number of aromatic nitrogens is 2. The third-order valence-electron chi connectivity index (χ3n) is 4.89. The van der Waals surface area contributed by atoms with E-state index in [-0.39, 0.29) is 6.03 Å². The van der Waals surface area contributed by atoms with Gasteiger partial charge in [0.25, 0.3) is 0 Å². The molecule has 0 spiro atoms. The van der Waals surface area contributed by atoms with Gasteiger partial charge in [-0.05, 0) is 63.6 Å². The molecule has 29 heavy (non-hydrogen) atoms. The molecule has 1 aromatic carbocycles. The molecule has 0 unspecified atom stereocenters. The molecule has 3 heterocycles. The Kier molecular flexibility index (Phi) is 4.53. The average Bonchev–Trinajstić information content (AvgIpc) is 3.24. The molecule has 0 saturated carbocycles. The van der Waals surface area contributed by atoms with Crippen molar-refractivity contribution in [3.05, 3.63) is 54.5 Å². The van der Waals surface area contributed by atoms with Crippen LogP contribution in [0.1, 0.15) is 26.3 Å². The highest BCUT2D eigenvalue weighted by atomic mass is 16.6. The molecule has 2 aromatic heterocycles. The van der Waals surface area contributed by atoms with Crippen LogP contribution in [0.4, 0.5) is 21.0 Å². The summed E-state index contributed by atoms with van der Waals surface area (Å²) in [5, 5.41) is 0.872. The summed E-state index contributed by atoms with van der Waals surface area (Å²) in [5.74, 6) is 0. The van der Waals surface area contributed by atoms with E-state index in [0.29, 0.717) is 13.1 Å². The largest absolute Gasteiger partial charge is 0.443 e. The average molecular weight is 392 g/mol. The molecular weight excluding hydrogens is 368 g/mol. The molecule has 7 heteroatoms. The summed E-state index contributed by atoms with van der Waals surface area (Å²) in [6.07, 6.45) is 4.72. The lowest BCUT2D eigenvalue weighted by molar-refractivity contribution is 0.0544. The van der Waals surface area contributed by atoms with Gasteiger partial charge < -0.3 is 4.74 Å². The third-order valence-corrected chi connectivity index (χ3v) is 4.89. The van der Waals surface area contributed by atoms with Gasteiger partial charge in [0, 0.05) is 36.6 Å². The predicted molar refractivity (Wildman–Crippen MR) is 113 cm³/mol. The maximum Gasteiger partial charge on any atom is 0.418 e. The molecule has 0 N–H and O–H groups in total. The number of carbonyl (C=O) groups excluding carboxylic acids is 2. The number of aryl methyl sites for hydroxylation is 1. The summed E-state index contributed by atoms with van der Waals surface area (Å²) < 4.78 is 6.95. The first-order valence-corrected chi connectivity index (χ1v) is 9.59. The number of rotatable bonds is 2. The number of nitrogens with zero attached hydrogens (tertiary/aromatic N) is 4. The number of fused-ring (bicyclic) bond motifs is 1. The summed E-state index contributed by atoms with van der Waals surface area (Å²) in [5.41, 5.74) is 2.82. The topological polar surface area (TPSA) is 67.7 Å². The molecule has 1 fully saturated rings. The molecule has 1 saturated heterocycles. The van der Waals surface area contributed by atoms with E-state index >= 15 is 0 Å². The molecule has 2 amide bonds. The quantitative estimate of drug-likeness (QED) is 0.640. The Labute approximate surface area is 169 Å². The minimum Gasteiger partial charge on any atom is -0.443 e. The summed E-state index contributed by atoms with van der Waals surface area (Å²) >= 11 is 0. The maximum absolute atomic E-state index is 13.0. The van der Waals surface area contributed by atoms with E-state index in [1.807, 2.05) is 58.0 Å². The fourth-order valence-corrected chi connectivity index (χ4v) is 3.51. The molecule has 7 nitrogen and oxygen atoms in total. The molecular formula is C22H24N4O3. The van der Waals surface area contributed by atoms with Gasteiger partial charge in [0.2, 0.25) is 0 Å². The van der Waals surface area contributed by atoms with Crippen molar-refractivity contribution in [2.45, 2.75) is 33.3 Å². The number of benzene rings is 1. The van der Waals surface area contributed by atoms with Crippen molar-refractivity contribution in [3.8, 4) is 0 Å². The molecule has 3 aromatic rings. The number of amides is 2. The van der Waals surface area contributed by atoms with Gasteiger partial charge in [-0.25, -0.2) is 9.59 Å². The van der Waals surface area contributed by atoms with Crippen molar-refractivity contribution in [3.63, 3.8) is 0 Å². The number of carbonyl (C=O) groups is 2. The van der Waals surface area contributed by atoms with Crippen molar-refractivity contribution >= 4 is 34.4 Å². The minimum absolute atomic E-state index is 0.0768. The Morgan fingerprint density at radius 3 is 2.59 bits per heavy atom. The van der Waals surface area contributed by atoms with Crippen LogP contribution >= 0.6 is 0 Å². The van der Waals surface area contributed by atoms with Crippen LogP contribution in [0.2, 0.25) is 0 Å². The standard InChI is InChI=1S/C22H24N4O3/c1-15-7-9-23-14-19(15)25-12-11-24(20(25)27)17-5-6-18-16(13-17)8-10-26(18)21(28)29-22(2,3)4/h5-10,13-14H,11-12H2,1-4H3. The van der Waals surface area contributed by atoms with Crippen LogP contribution in [0, 0.1) is 6.92 Å². The fourth-order valence-electron chi connectivity index (χ4n) is 3.51. The maximum atomic E-state index is 13.0. The zero-order chi connectivity index (χ0) is 20.8. The van der Waals surface area contributed by atoms with Crippen LogP contribution in [-0.2, 0) is 4.74 Å². The van der Waals surface area contributed by atoms with Gasteiger partial charge in [-0.3, -0.25) is 19.4 Å². The van der Waals surface area contributed by atoms with Crippen molar-refractivity contribution in [2.75, 3.05) is 22.9 Å². The van der Waals surface area contributed by atoms with E-state index in [1.54, 1.807) is 28.4 Å². The molecule has 1 aliphatic heterocycles. The normalized spacial score (nSPS) is 14.7. The van der Waals surface area contributed by atoms with Gasteiger partial charge in [0.05, 0.1) is 17.4 Å². The van der Waals surface area contributed by atoms with E-state index in [0.717, 1.165) is 27.8 Å². The van der Waals surface area contributed by atoms with E-state index in [2.05, 4.69) is 4.98 Å². The molecule has 0 aliphatic carbocycles. The second-order valence-corrected chi connectivity index (χ2v) is 8.16. The van der Waals surface area contributed by atoms with Crippen molar-refractivity contribution in [2.24, 2.45) is 0 Å². The van der Waals surface area contributed by atoms with Gasteiger partial charge in [0.1, 0.15) is 5.60 Å². The lowest BCUT2D eigenvalue weighted by atomic mass is 10.2. The molecule has 0 bridgehead atoms. The summed E-state index contributed by atoms with van der Waals surface area (Å²) in [7, 11) is 0. The van der Waals surface area contributed by atoms with Crippen LogP contribution in [-0.4, -0.2) is 40.4 Å². The highest BCUT2D eigenvalue weighted by Crippen LogP contribution is 2.29. The zero-order valence-corrected chi connectivity index (χ0v) is 17.0. The Hall–Kier alpha value is -3.35. The first-order valence-electron chi connectivity index (χ1n) is 9.59. The monoisotopic (exact) mass is 392 g/mol. The number of pyridine rings is 1. The second kappa shape index (κ2) is 6.92. The van der Waals surface area contributed by atoms with E-state index < -0.39 is 11.7 Å². The predicted octanol–water partition coefficient (Wildman–Crippen LogP) is 4.57. The highest BCUT2D eigenvalue weighted by molar-refractivity contribution is 6.07. The Morgan fingerprint density at radius 1 is 1.10 bits per heavy atom. The van der Waals surface area contributed by atoms with Crippen LogP contribution < -0.4 is 9.80 Å².